The number of amides is 1. The largest absolute Gasteiger partial charge is 0.481 e. The third-order valence-corrected chi connectivity index (χ3v) is 2.25. The molecule has 0 spiro atoms. The average Bonchev–Trinajstić information content (AvgIpc) is 2.28. The number of nitrogens with one attached hydrogen (secondary N) is 1. The number of carbonyl (C=O) groups is 2. The number of carboxylic acids is 1. The van der Waals surface area contributed by atoms with Crippen molar-refractivity contribution in [2.45, 2.75) is 25.3 Å². The van der Waals surface area contributed by atoms with E-state index in [0.29, 0.717) is 5.56 Å². The van der Waals surface area contributed by atoms with Crippen LogP contribution in [0.1, 0.15) is 12.0 Å². The molecule has 98 valence electrons. The summed E-state index contributed by atoms with van der Waals surface area (Å²) in [6.45, 7) is 0. The molecule has 0 radical (unpaired) electrons. The minimum atomic E-state index is -2.90. The molecular weight excluding hydrogens is 244 g/mol. The van der Waals surface area contributed by atoms with Crippen molar-refractivity contribution in [3.63, 3.8) is 0 Å². The van der Waals surface area contributed by atoms with Gasteiger partial charge in [0.1, 0.15) is 6.04 Å². The van der Waals surface area contributed by atoms with Gasteiger partial charge in [0, 0.05) is 0 Å². The molecule has 0 saturated carbocycles. The zero-order valence-corrected chi connectivity index (χ0v) is 9.48. The van der Waals surface area contributed by atoms with Crippen LogP contribution in [0.3, 0.4) is 0 Å². The molecular formula is C12H13F2NO3. The first kappa shape index (κ1) is 14.1. The minimum absolute atomic E-state index is 0.0519. The van der Waals surface area contributed by atoms with E-state index < -0.39 is 30.8 Å². The number of halogens is 2. The lowest BCUT2D eigenvalue weighted by Gasteiger charge is -2.15. The molecule has 1 amide bonds. The maximum atomic E-state index is 12.5. The summed E-state index contributed by atoms with van der Waals surface area (Å²) < 4.78 is 25.0. The fraction of sp³-hybridized carbons (Fsp3) is 0.333. The van der Waals surface area contributed by atoms with E-state index in [1.165, 1.54) is 0 Å². The number of rotatable bonds is 6. The van der Waals surface area contributed by atoms with Gasteiger partial charge in [0.15, 0.2) is 0 Å². The number of aliphatic carboxylic acids is 1. The number of alkyl halides is 2. The maximum Gasteiger partial charge on any atom is 0.305 e. The maximum absolute atomic E-state index is 12.5. The number of hydrogen-bond acceptors (Lipinski definition) is 2. The van der Waals surface area contributed by atoms with E-state index >= 15 is 0 Å². The Morgan fingerprint density at radius 2 is 1.83 bits per heavy atom. The van der Waals surface area contributed by atoms with Gasteiger partial charge in [-0.15, -0.1) is 0 Å². The molecule has 0 heterocycles. The second-order valence-corrected chi connectivity index (χ2v) is 3.77. The molecule has 0 aliphatic carbocycles. The molecule has 0 aromatic heterocycles. The standard InChI is InChI=1S/C12H13F2NO3/c13-12(14)9(7-11(17)18)15-10(16)6-8-4-2-1-3-5-8/h1-5,9,12H,6-7H2,(H,15,16)(H,17,18)/t9-/m1/s1. The lowest BCUT2D eigenvalue weighted by molar-refractivity contribution is -0.139. The van der Waals surface area contributed by atoms with Crippen LogP contribution in [0.15, 0.2) is 30.3 Å². The normalized spacial score (nSPS) is 12.2. The van der Waals surface area contributed by atoms with Crippen LogP contribution in [0.4, 0.5) is 8.78 Å². The zero-order valence-electron chi connectivity index (χ0n) is 9.48. The van der Waals surface area contributed by atoms with Crippen molar-refractivity contribution in [1.82, 2.24) is 5.32 Å². The number of carbonyl (C=O) groups excluding carboxylic acids is 1. The van der Waals surface area contributed by atoms with E-state index in [4.69, 9.17) is 5.11 Å². The van der Waals surface area contributed by atoms with E-state index in [2.05, 4.69) is 0 Å². The Bertz CT molecular complexity index is 409. The van der Waals surface area contributed by atoms with Gasteiger partial charge in [-0.1, -0.05) is 30.3 Å². The summed E-state index contributed by atoms with van der Waals surface area (Å²) in [4.78, 5) is 21.8. The van der Waals surface area contributed by atoms with Crippen LogP contribution in [-0.2, 0) is 16.0 Å². The lowest BCUT2D eigenvalue weighted by Crippen LogP contribution is -2.42. The molecule has 1 aromatic rings. The van der Waals surface area contributed by atoms with Gasteiger partial charge in [0.05, 0.1) is 12.8 Å². The molecule has 0 bridgehead atoms. The molecule has 0 aliphatic heterocycles. The van der Waals surface area contributed by atoms with Crippen molar-refractivity contribution < 1.29 is 23.5 Å². The molecule has 1 rings (SSSR count). The second kappa shape index (κ2) is 6.68. The van der Waals surface area contributed by atoms with Gasteiger partial charge >= 0.3 is 5.97 Å². The van der Waals surface area contributed by atoms with Gasteiger partial charge in [-0.05, 0) is 5.56 Å². The summed E-state index contributed by atoms with van der Waals surface area (Å²) in [6.07, 6.45) is -3.75. The highest BCUT2D eigenvalue weighted by atomic mass is 19.3. The van der Waals surface area contributed by atoms with Gasteiger partial charge < -0.3 is 10.4 Å². The van der Waals surface area contributed by atoms with Crippen molar-refractivity contribution in [3.05, 3.63) is 35.9 Å². The Balaban J connectivity index is 2.54. The monoisotopic (exact) mass is 257 g/mol. The fourth-order valence-electron chi connectivity index (χ4n) is 1.43. The van der Waals surface area contributed by atoms with Crippen LogP contribution in [0.25, 0.3) is 0 Å². The topological polar surface area (TPSA) is 66.4 Å². The number of carboxylic acid groups (broad SMARTS) is 1. The number of benzene rings is 1. The third-order valence-electron chi connectivity index (χ3n) is 2.25. The third kappa shape index (κ3) is 4.90. The Hall–Kier alpha value is -1.98. The summed E-state index contributed by atoms with van der Waals surface area (Å²) in [5.41, 5.74) is 0.679. The van der Waals surface area contributed by atoms with E-state index in [0.717, 1.165) is 0 Å². The summed E-state index contributed by atoms with van der Waals surface area (Å²) in [6, 6.07) is 6.95. The Kier molecular flexibility index (Phi) is 5.23. The van der Waals surface area contributed by atoms with Crippen LogP contribution in [0.2, 0.25) is 0 Å². The first-order valence-electron chi connectivity index (χ1n) is 5.32. The fourth-order valence-corrected chi connectivity index (χ4v) is 1.43. The van der Waals surface area contributed by atoms with Crippen molar-refractivity contribution in [1.29, 1.82) is 0 Å². The summed E-state index contributed by atoms with van der Waals surface area (Å²) >= 11 is 0. The zero-order chi connectivity index (χ0) is 13.5. The van der Waals surface area contributed by atoms with Crippen LogP contribution in [-0.4, -0.2) is 29.5 Å². The minimum Gasteiger partial charge on any atom is -0.481 e. The molecule has 1 atom stereocenters. The van der Waals surface area contributed by atoms with Crippen LogP contribution in [0.5, 0.6) is 0 Å². The summed E-state index contributed by atoms with van der Waals surface area (Å²) in [5.74, 6) is -1.99. The molecule has 0 fully saturated rings. The van der Waals surface area contributed by atoms with Crippen LogP contribution < -0.4 is 5.32 Å². The predicted octanol–water partition coefficient (Wildman–Crippen LogP) is 1.45. The Labute approximate surface area is 103 Å². The van der Waals surface area contributed by atoms with Gasteiger partial charge in [0.2, 0.25) is 5.91 Å². The molecule has 4 nitrogen and oxygen atoms in total. The van der Waals surface area contributed by atoms with E-state index in [-0.39, 0.29) is 6.42 Å². The van der Waals surface area contributed by atoms with Crippen LogP contribution >= 0.6 is 0 Å². The first-order chi connectivity index (χ1) is 8.49. The number of hydrogen-bond donors (Lipinski definition) is 2. The Morgan fingerprint density at radius 3 is 2.33 bits per heavy atom. The summed E-state index contributed by atoms with van der Waals surface area (Å²) in [5, 5.41) is 10.5. The SMILES string of the molecule is O=C(O)C[C@@H](NC(=O)Cc1ccccc1)C(F)F. The van der Waals surface area contributed by atoms with Gasteiger partial charge in [-0.25, -0.2) is 8.78 Å². The molecule has 18 heavy (non-hydrogen) atoms. The Morgan fingerprint density at radius 1 is 1.22 bits per heavy atom. The highest BCUT2D eigenvalue weighted by Gasteiger charge is 2.24. The van der Waals surface area contributed by atoms with Crippen molar-refractivity contribution in [2.24, 2.45) is 0 Å². The first-order valence-corrected chi connectivity index (χ1v) is 5.32. The lowest BCUT2D eigenvalue weighted by atomic mass is 10.1. The quantitative estimate of drug-likeness (QED) is 0.810. The molecule has 6 heteroatoms. The van der Waals surface area contributed by atoms with Crippen molar-refractivity contribution in [2.75, 3.05) is 0 Å². The van der Waals surface area contributed by atoms with E-state index in [1.54, 1.807) is 30.3 Å². The average molecular weight is 257 g/mol. The summed E-state index contributed by atoms with van der Waals surface area (Å²) in [7, 11) is 0. The molecule has 0 aliphatic rings. The van der Waals surface area contributed by atoms with Gasteiger partial charge in [0.25, 0.3) is 6.43 Å². The van der Waals surface area contributed by atoms with Crippen molar-refractivity contribution in [3.8, 4) is 0 Å². The van der Waals surface area contributed by atoms with Crippen molar-refractivity contribution >= 4 is 11.9 Å². The molecule has 1 aromatic carbocycles. The highest BCUT2D eigenvalue weighted by molar-refractivity contribution is 5.79. The molecule has 0 unspecified atom stereocenters. The van der Waals surface area contributed by atoms with Crippen LogP contribution in [0, 0.1) is 0 Å². The van der Waals surface area contributed by atoms with Gasteiger partial charge in [-0.3, -0.25) is 9.59 Å². The smallest absolute Gasteiger partial charge is 0.305 e. The highest BCUT2D eigenvalue weighted by Crippen LogP contribution is 2.06. The second-order valence-electron chi connectivity index (χ2n) is 3.77. The molecule has 0 saturated heterocycles. The molecule has 2 N–H and O–H groups in total. The van der Waals surface area contributed by atoms with Gasteiger partial charge in [-0.2, -0.15) is 0 Å². The van der Waals surface area contributed by atoms with E-state index in [1.807, 2.05) is 5.32 Å². The van der Waals surface area contributed by atoms with E-state index in [9.17, 15) is 18.4 Å². The predicted molar refractivity (Wildman–Crippen MR) is 60.3 cm³/mol.